The first-order valence-corrected chi connectivity index (χ1v) is 11.2. The molecule has 0 spiro atoms. The summed E-state index contributed by atoms with van der Waals surface area (Å²) in [6.45, 7) is 1.84. The van der Waals surface area contributed by atoms with Crippen molar-refractivity contribution in [3.63, 3.8) is 0 Å². The first-order chi connectivity index (χ1) is 15.5. The van der Waals surface area contributed by atoms with Gasteiger partial charge in [-0.2, -0.15) is 0 Å². The van der Waals surface area contributed by atoms with Gasteiger partial charge in [-0.15, -0.1) is 11.8 Å². The lowest BCUT2D eigenvalue weighted by Crippen LogP contribution is -2.24. The maximum absolute atomic E-state index is 13.1. The Morgan fingerprint density at radius 2 is 1.84 bits per heavy atom. The van der Waals surface area contributed by atoms with Crippen molar-refractivity contribution >= 4 is 40.0 Å². The second kappa shape index (κ2) is 9.20. The summed E-state index contributed by atoms with van der Waals surface area (Å²) in [5, 5.41) is 3.30. The van der Waals surface area contributed by atoms with Crippen molar-refractivity contribution in [2.24, 2.45) is 0 Å². The summed E-state index contributed by atoms with van der Waals surface area (Å²) < 4.78 is 1.65. The molecule has 0 bridgehead atoms. The number of ketones is 1. The third-order valence-electron chi connectivity index (χ3n) is 5.09. The van der Waals surface area contributed by atoms with Gasteiger partial charge in [-0.05, 0) is 55.6 Å². The van der Waals surface area contributed by atoms with E-state index in [9.17, 15) is 14.4 Å². The van der Waals surface area contributed by atoms with Crippen LogP contribution in [0.15, 0.2) is 82.9 Å². The second-order valence-electron chi connectivity index (χ2n) is 7.37. The number of pyridine rings is 2. The first kappa shape index (κ1) is 21.5. The number of aryl methyl sites for hydroxylation is 1. The van der Waals surface area contributed by atoms with Crippen molar-refractivity contribution < 1.29 is 9.59 Å². The maximum Gasteiger partial charge on any atom is 0.244 e. The van der Waals surface area contributed by atoms with Gasteiger partial charge in [0.2, 0.25) is 11.3 Å². The van der Waals surface area contributed by atoms with Crippen molar-refractivity contribution in [2.45, 2.75) is 18.4 Å². The number of amides is 1. The lowest BCUT2D eigenvalue weighted by molar-refractivity contribution is -0.116. The number of hydrogen-bond acceptors (Lipinski definition) is 5. The highest BCUT2D eigenvalue weighted by atomic mass is 32.2. The van der Waals surface area contributed by atoms with Gasteiger partial charge < -0.3 is 9.88 Å². The molecular formula is C25H21N3O3S. The minimum Gasteiger partial charge on any atom is -0.337 e. The van der Waals surface area contributed by atoms with Gasteiger partial charge >= 0.3 is 0 Å². The number of fused-ring (bicyclic) bond motifs is 1. The van der Waals surface area contributed by atoms with E-state index in [1.54, 1.807) is 40.6 Å². The molecule has 2 aromatic heterocycles. The molecule has 0 aliphatic carbocycles. The fourth-order valence-electron chi connectivity index (χ4n) is 3.52. The zero-order valence-corrected chi connectivity index (χ0v) is 18.5. The van der Waals surface area contributed by atoms with Crippen LogP contribution in [0.1, 0.15) is 21.5 Å². The number of anilines is 1. The van der Waals surface area contributed by atoms with E-state index in [0.29, 0.717) is 22.2 Å². The lowest BCUT2D eigenvalue weighted by Gasteiger charge is -2.14. The molecule has 1 N–H and O–H groups in total. The summed E-state index contributed by atoms with van der Waals surface area (Å²) in [5.41, 5.74) is 2.22. The Labute approximate surface area is 189 Å². The average molecular weight is 444 g/mol. The van der Waals surface area contributed by atoms with Crippen LogP contribution in [0.5, 0.6) is 0 Å². The molecule has 4 rings (SSSR count). The molecule has 0 saturated carbocycles. The van der Waals surface area contributed by atoms with Gasteiger partial charge in [0.15, 0.2) is 5.78 Å². The van der Waals surface area contributed by atoms with Crippen LogP contribution in [0.4, 0.5) is 5.69 Å². The van der Waals surface area contributed by atoms with Crippen LogP contribution in [0.2, 0.25) is 0 Å². The first-order valence-electron chi connectivity index (χ1n) is 9.98. The van der Waals surface area contributed by atoms with E-state index in [1.165, 1.54) is 18.6 Å². The largest absolute Gasteiger partial charge is 0.337 e. The Kier molecular flexibility index (Phi) is 6.18. The van der Waals surface area contributed by atoms with Crippen LogP contribution in [0, 0.1) is 6.92 Å². The predicted octanol–water partition coefficient (Wildman–Crippen LogP) is 4.30. The van der Waals surface area contributed by atoms with E-state index in [2.05, 4.69) is 10.3 Å². The number of benzene rings is 2. The molecule has 0 aliphatic rings. The number of nitrogens with one attached hydrogen (secondary N) is 1. The molecule has 0 unspecified atom stereocenters. The number of carbonyl (C=O) groups is 2. The summed E-state index contributed by atoms with van der Waals surface area (Å²) in [4.78, 5) is 44.0. The highest BCUT2D eigenvalue weighted by Crippen LogP contribution is 2.20. The van der Waals surface area contributed by atoms with Crippen molar-refractivity contribution in [3.05, 3.63) is 100 Å². The van der Waals surface area contributed by atoms with Crippen molar-refractivity contribution in [1.82, 2.24) is 9.55 Å². The summed E-state index contributed by atoms with van der Waals surface area (Å²) in [7, 11) is 0. The highest BCUT2D eigenvalue weighted by Gasteiger charge is 2.18. The van der Waals surface area contributed by atoms with Crippen molar-refractivity contribution in [3.8, 4) is 0 Å². The fraction of sp³-hybridized carbons (Fsp3) is 0.120. The molecule has 0 fully saturated rings. The Morgan fingerprint density at radius 3 is 2.59 bits per heavy atom. The lowest BCUT2D eigenvalue weighted by atomic mass is 10.0. The van der Waals surface area contributed by atoms with E-state index in [-0.39, 0.29) is 23.4 Å². The molecule has 6 nitrogen and oxygen atoms in total. The zero-order valence-electron chi connectivity index (χ0n) is 17.7. The van der Waals surface area contributed by atoms with Crippen molar-refractivity contribution in [1.29, 1.82) is 0 Å². The van der Waals surface area contributed by atoms with E-state index in [4.69, 9.17) is 0 Å². The van der Waals surface area contributed by atoms with Gasteiger partial charge in [-0.3, -0.25) is 19.4 Å². The summed E-state index contributed by atoms with van der Waals surface area (Å²) >= 11 is 1.59. The molecule has 7 heteroatoms. The third kappa shape index (κ3) is 4.48. The zero-order chi connectivity index (χ0) is 22.7. The number of nitrogens with zero attached hydrogens (tertiary/aromatic N) is 2. The van der Waals surface area contributed by atoms with Crippen LogP contribution < -0.4 is 10.7 Å². The normalized spacial score (nSPS) is 10.8. The summed E-state index contributed by atoms with van der Waals surface area (Å²) in [5.74, 6) is -0.654. The molecular weight excluding hydrogens is 422 g/mol. The molecule has 0 radical (unpaired) electrons. The maximum atomic E-state index is 13.1. The van der Waals surface area contributed by atoms with Crippen molar-refractivity contribution in [2.75, 3.05) is 11.6 Å². The predicted molar refractivity (Wildman–Crippen MR) is 127 cm³/mol. The van der Waals surface area contributed by atoms with E-state index < -0.39 is 5.78 Å². The molecule has 0 aliphatic heterocycles. The Bertz CT molecular complexity index is 1380. The topological polar surface area (TPSA) is 81.1 Å². The van der Waals surface area contributed by atoms with Crippen LogP contribution in [-0.4, -0.2) is 27.5 Å². The summed E-state index contributed by atoms with van der Waals surface area (Å²) in [6.07, 6.45) is 6.46. The molecule has 2 heterocycles. The van der Waals surface area contributed by atoms with Gasteiger partial charge in [-0.1, -0.05) is 17.7 Å². The molecule has 2 aromatic carbocycles. The average Bonchev–Trinajstić information content (AvgIpc) is 2.81. The van der Waals surface area contributed by atoms with E-state index in [1.807, 2.05) is 43.5 Å². The molecule has 1 amide bonds. The number of aromatic nitrogens is 2. The molecule has 4 aromatic rings. The van der Waals surface area contributed by atoms with E-state index >= 15 is 0 Å². The smallest absolute Gasteiger partial charge is 0.244 e. The van der Waals surface area contributed by atoms with Crippen LogP contribution in [0.25, 0.3) is 10.9 Å². The van der Waals surface area contributed by atoms with Gasteiger partial charge in [-0.25, -0.2) is 0 Å². The number of rotatable bonds is 6. The van der Waals surface area contributed by atoms with E-state index in [0.717, 1.165) is 10.5 Å². The molecule has 0 saturated heterocycles. The Morgan fingerprint density at radius 1 is 1.06 bits per heavy atom. The van der Waals surface area contributed by atoms with Crippen LogP contribution >= 0.6 is 11.8 Å². The Hall–Kier alpha value is -3.71. The van der Waals surface area contributed by atoms with Gasteiger partial charge in [0, 0.05) is 40.1 Å². The molecule has 0 atom stereocenters. The molecule has 32 heavy (non-hydrogen) atoms. The number of hydrogen-bond donors (Lipinski definition) is 1. The monoisotopic (exact) mass is 443 g/mol. The van der Waals surface area contributed by atoms with Gasteiger partial charge in [0.25, 0.3) is 0 Å². The fourth-order valence-corrected chi connectivity index (χ4v) is 3.98. The quantitative estimate of drug-likeness (QED) is 0.355. The minimum atomic E-state index is -0.400. The standard InChI is InChI=1S/C25H21N3O3S/c1-16-6-7-22-20(12-16)25(31)21(24(30)17-8-10-26-11-9-17)14-28(22)15-23(29)27-18-4-3-5-19(13-18)32-2/h3-14H,15H2,1-2H3,(H,27,29). The highest BCUT2D eigenvalue weighted by molar-refractivity contribution is 7.98. The van der Waals surface area contributed by atoms with Gasteiger partial charge in [0.05, 0.1) is 11.1 Å². The molecule has 160 valence electrons. The minimum absolute atomic E-state index is 0.0199. The third-order valence-corrected chi connectivity index (χ3v) is 5.82. The number of thioether (sulfide) groups is 1. The SMILES string of the molecule is CSc1cccc(NC(=O)Cn2cc(C(=O)c3ccncc3)c(=O)c3cc(C)ccc32)c1. The van der Waals surface area contributed by atoms with Crippen LogP contribution in [-0.2, 0) is 11.3 Å². The van der Waals surface area contributed by atoms with Gasteiger partial charge in [0.1, 0.15) is 6.54 Å². The van der Waals surface area contributed by atoms with Crippen LogP contribution in [0.3, 0.4) is 0 Å². The summed E-state index contributed by atoms with van der Waals surface area (Å²) in [6, 6.07) is 16.1. The Balaban J connectivity index is 1.74. The second-order valence-corrected chi connectivity index (χ2v) is 8.25. The number of carbonyl (C=O) groups excluding carboxylic acids is 2.